The van der Waals surface area contributed by atoms with E-state index in [9.17, 15) is 0 Å². The summed E-state index contributed by atoms with van der Waals surface area (Å²) in [5.74, 6) is 0. The van der Waals surface area contributed by atoms with Crippen molar-refractivity contribution in [3.05, 3.63) is 159 Å². The van der Waals surface area contributed by atoms with Gasteiger partial charge in [0.05, 0.1) is 16.6 Å². The van der Waals surface area contributed by atoms with Crippen LogP contribution in [0.5, 0.6) is 0 Å². The maximum atomic E-state index is 5.26. The number of fused-ring (bicyclic) bond motifs is 14. The second-order valence-corrected chi connectivity index (χ2v) is 12.8. The van der Waals surface area contributed by atoms with Gasteiger partial charge in [-0.3, -0.25) is 0 Å². The van der Waals surface area contributed by atoms with E-state index in [2.05, 4.69) is 159 Å². The summed E-state index contributed by atoms with van der Waals surface area (Å²) in [6, 6.07) is 46.7. The molecule has 0 amide bonds. The summed E-state index contributed by atoms with van der Waals surface area (Å²) in [5.41, 5.74) is 13.4. The Morgan fingerprint density at radius 3 is 1.73 bits per heavy atom. The molecule has 0 N–H and O–H groups in total. The van der Waals surface area contributed by atoms with Gasteiger partial charge in [0.25, 0.3) is 0 Å². The van der Waals surface area contributed by atoms with Gasteiger partial charge in [-0.15, -0.1) is 0 Å². The van der Waals surface area contributed by atoms with Crippen molar-refractivity contribution in [2.45, 2.75) is 5.41 Å². The molecule has 1 spiro atoms. The number of nitrogens with zero attached hydrogens (tertiary/aromatic N) is 1. The van der Waals surface area contributed by atoms with Crippen molar-refractivity contribution in [2.24, 2.45) is 0 Å². The fourth-order valence-electron chi connectivity index (χ4n) is 7.53. The van der Waals surface area contributed by atoms with Gasteiger partial charge >= 0.3 is 0 Å². The predicted molar refractivity (Wildman–Crippen MR) is 176 cm³/mol. The topological polar surface area (TPSA) is 12.9 Å². The van der Waals surface area contributed by atoms with Crippen LogP contribution < -0.4 is 0 Å². The van der Waals surface area contributed by atoms with Gasteiger partial charge in [0, 0.05) is 30.7 Å². The number of halogens is 2. The fraction of sp³-hybridized carbons (Fsp3) is 0.0263. The lowest BCUT2D eigenvalue weighted by Crippen LogP contribution is -2.25. The van der Waals surface area contributed by atoms with E-state index < -0.39 is 0 Å². The van der Waals surface area contributed by atoms with Gasteiger partial charge in [-0.1, -0.05) is 135 Å². The summed E-state index contributed by atoms with van der Waals surface area (Å²) in [7, 11) is 0. The maximum absolute atomic E-state index is 5.26. The lowest BCUT2D eigenvalue weighted by atomic mass is 9.70. The van der Waals surface area contributed by atoms with Crippen LogP contribution in [0, 0.1) is 0 Å². The number of pyridine rings is 1. The highest BCUT2D eigenvalue weighted by Gasteiger charge is 2.51. The van der Waals surface area contributed by atoms with Crippen LogP contribution >= 0.6 is 31.9 Å². The van der Waals surface area contributed by atoms with Crippen molar-refractivity contribution in [1.29, 1.82) is 0 Å². The minimum absolute atomic E-state index is 0.364. The summed E-state index contributed by atoms with van der Waals surface area (Å²) in [5, 5.41) is 3.62. The highest BCUT2D eigenvalue weighted by molar-refractivity contribution is 9.11. The first-order valence-corrected chi connectivity index (χ1v) is 15.4. The highest BCUT2D eigenvalue weighted by atomic mass is 79.9. The molecule has 7 aromatic rings. The molecule has 6 aromatic carbocycles. The number of para-hydroxylation sites is 1. The fourth-order valence-corrected chi connectivity index (χ4v) is 8.83. The predicted octanol–water partition coefficient (Wildman–Crippen LogP) is 10.9. The van der Waals surface area contributed by atoms with E-state index in [1.807, 2.05) is 0 Å². The molecule has 3 heteroatoms. The zero-order valence-corrected chi connectivity index (χ0v) is 25.0. The van der Waals surface area contributed by atoms with Crippen LogP contribution in [-0.4, -0.2) is 4.98 Å². The molecule has 1 heterocycles. The summed E-state index contributed by atoms with van der Waals surface area (Å²) < 4.78 is 2.05. The summed E-state index contributed by atoms with van der Waals surface area (Å²) in [6.07, 6.45) is 0. The minimum atomic E-state index is -0.364. The van der Waals surface area contributed by atoms with Gasteiger partial charge in [0.1, 0.15) is 0 Å². The highest BCUT2D eigenvalue weighted by Crippen LogP contribution is 2.64. The first kappa shape index (κ1) is 23.6. The first-order chi connectivity index (χ1) is 20.2. The van der Waals surface area contributed by atoms with Gasteiger partial charge in [-0.05, 0) is 68.8 Å². The normalized spacial score (nSPS) is 13.8. The Hall–Kier alpha value is -4.05. The summed E-state index contributed by atoms with van der Waals surface area (Å²) in [6.45, 7) is 0. The van der Waals surface area contributed by atoms with Crippen molar-refractivity contribution in [2.75, 3.05) is 0 Å². The van der Waals surface area contributed by atoms with Crippen LogP contribution in [0.25, 0.3) is 55.2 Å². The van der Waals surface area contributed by atoms with Crippen LogP contribution in [-0.2, 0) is 5.41 Å². The first-order valence-electron chi connectivity index (χ1n) is 13.8. The molecule has 0 saturated heterocycles. The molecule has 0 radical (unpaired) electrons. The molecular formula is C38H21Br2N. The van der Waals surface area contributed by atoms with Crippen molar-refractivity contribution in [3.8, 4) is 33.5 Å². The SMILES string of the molecule is Brc1cc(Br)cc(-c2nc3ccccc3c3c4c(ccc23)C2(c3ccccc3-c3ccccc32)c2ccccc2-4)c1. The van der Waals surface area contributed by atoms with Crippen LogP contribution in [0.1, 0.15) is 22.3 Å². The molecular weight excluding hydrogens is 630 g/mol. The third kappa shape index (κ3) is 3.03. The Balaban J connectivity index is 1.50. The summed E-state index contributed by atoms with van der Waals surface area (Å²) in [4.78, 5) is 5.26. The molecule has 41 heavy (non-hydrogen) atoms. The largest absolute Gasteiger partial charge is 0.247 e. The minimum Gasteiger partial charge on any atom is -0.247 e. The lowest BCUT2D eigenvalue weighted by molar-refractivity contribution is 0.794. The van der Waals surface area contributed by atoms with Gasteiger partial charge in [0.15, 0.2) is 0 Å². The zero-order valence-electron chi connectivity index (χ0n) is 21.8. The molecule has 2 aliphatic rings. The number of hydrogen-bond donors (Lipinski definition) is 0. The van der Waals surface area contributed by atoms with Crippen LogP contribution in [0.3, 0.4) is 0 Å². The van der Waals surface area contributed by atoms with E-state index in [4.69, 9.17) is 4.98 Å². The molecule has 9 rings (SSSR count). The number of hydrogen-bond acceptors (Lipinski definition) is 1. The van der Waals surface area contributed by atoms with Crippen LogP contribution in [0.4, 0.5) is 0 Å². The molecule has 0 fully saturated rings. The average Bonchev–Trinajstić information content (AvgIpc) is 3.47. The number of rotatable bonds is 1. The Morgan fingerprint density at radius 2 is 1.05 bits per heavy atom. The van der Waals surface area contributed by atoms with Crippen LogP contribution in [0.15, 0.2) is 136 Å². The van der Waals surface area contributed by atoms with Gasteiger partial charge in [0.2, 0.25) is 0 Å². The molecule has 1 aromatic heterocycles. The standard InChI is InChI=1S/C38H21Br2N/c39-23-19-22(20-24(40)21-23)37-29-17-18-33-36(35(29)28-12-4-8-16-34(28)41-37)27-11-3-7-15-32(27)38(33)30-13-5-1-9-25(30)26-10-2-6-14-31(26)38/h1-21H. The molecule has 2 aliphatic carbocycles. The van der Waals surface area contributed by atoms with Gasteiger partial charge in [-0.25, -0.2) is 4.98 Å². The average molecular weight is 651 g/mol. The molecule has 192 valence electrons. The van der Waals surface area contributed by atoms with Crippen molar-refractivity contribution >= 4 is 53.5 Å². The third-order valence-electron chi connectivity index (χ3n) is 8.96. The van der Waals surface area contributed by atoms with E-state index in [0.29, 0.717) is 0 Å². The monoisotopic (exact) mass is 649 g/mol. The zero-order chi connectivity index (χ0) is 27.3. The number of benzene rings is 6. The Morgan fingerprint density at radius 1 is 0.488 bits per heavy atom. The lowest BCUT2D eigenvalue weighted by Gasteiger charge is -2.30. The Bertz CT molecular complexity index is 2180. The number of aromatic nitrogens is 1. The third-order valence-corrected chi connectivity index (χ3v) is 9.87. The molecule has 1 nitrogen and oxygen atoms in total. The molecule has 0 aliphatic heterocycles. The van der Waals surface area contributed by atoms with Crippen molar-refractivity contribution < 1.29 is 0 Å². The second-order valence-electron chi connectivity index (χ2n) is 10.9. The molecule has 0 unspecified atom stereocenters. The second kappa shape index (κ2) is 8.48. The van der Waals surface area contributed by atoms with E-state index in [1.165, 1.54) is 60.7 Å². The molecule has 0 bridgehead atoms. The quantitative estimate of drug-likeness (QED) is 0.161. The Labute approximate surface area is 254 Å². The Kier molecular flexibility index (Phi) is 4.89. The smallest absolute Gasteiger partial charge is 0.0789 e. The van der Waals surface area contributed by atoms with Crippen LogP contribution in [0.2, 0.25) is 0 Å². The van der Waals surface area contributed by atoms with Crippen molar-refractivity contribution in [3.63, 3.8) is 0 Å². The maximum Gasteiger partial charge on any atom is 0.0789 e. The van der Waals surface area contributed by atoms with E-state index >= 15 is 0 Å². The van der Waals surface area contributed by atoms with Gasteiger partial charge < -0.3 is 0 Å². The molecule has 0 saturated carbocycles. The van der Waals surface area contributed by atoms with E-state index in [1.54, 1.807) is 0 Å². The van der Waals surface area contributed by atoms with E-state index in [-0.39, 0.29) is 5.41 Å². The van der Waals surface area contributed by atoms with Crippen molar-refractivity contribution in [1.82, 2.24) is 4.98 Å². The van der Waals surface area contributed by atoms with E-state index in [0.717, 1.165) is 25.7 Å². The summed E-state index contributed by atoms with van der Waals surface area (Å²) >= 11 is 7.42. The van der Waals surface area contributed by atoms with Gasteiger partial charge in [-0.2, -0.15) is 0 Å². The molecule has 0 atom stereocenters.